The summed E-state index contributed by atoms with van der Waals surface area (Å²) in [6.07, 6.45) is 8.02. The molecule has 0 aromatic carbocycles. The van der Waals surface area contributed by atoms with Crippen molar-refractivity contribution in [3.63, 3.8) is 0 Å². The van der Waals surface area contributed by atoms with Gasteiger partial charge in [0.25, 0.3) is 0 Å². The van der Waals surface area contributed by atoms with Gasteiger partial charge in [-0.3, -0.25) is 0 Å². The quantitative estimate of drug-likeness (QED) is 0.710. The number of hydrogen-bond donors (Lipinski definition) is 1. The van der Waals surface area contributed by atoms with Crippen molar-refractivity contribution < 1.29 is 5.11 Å². The van der Waals surface area contributed by atoms with Crippen LogP contribution in [0.2, 0.25) is 0 Å². The second kappa shape index (κ2) is 5.67. The molecular formula is C15H26O. The molecule has 0 aromatic rings. The van der Waals surface area contributed by atoms with E-state index in [0.29, 0.717) is 11.3 Å². The molecule has 1 aliphatic rings. The number of rotatable bonds is 4. The SMILES string of the molecule is C=C1CCCC(C)(C)[C@@H]1CC/C(C)=C/CO. The highest BCUT2D eigenvalue weighted by molar-refractivity contribution is 5.10. The monoisotopic (exact) mass is 222 g/mol. The molecule has 1 N–H and O–H groups in total. The van der Waals surface area contributed by atoms with E-state index in [0.717, 1.165) is 6.42 Å². The minimum absolute atomic E-state index is 0.167. The predicted molar refractivity (Wildman–Crippen MR) is 70.3 cm³/mol. The molecule has 0 saturated heterocycles. The number of allylic oxidation sites excluding steroid dienone is 2. The molecule has 1 rings (SSSR count). The lowest BCUT2D eigenvalue weighted by Gasteiger charge is -2.40. The number of hydrogen-bond acceptors (Lipinski definition) is 1. The molecule has 1 aliphatic carbocycles. The van der Waals surface area contributed by atoms with Gasteiger partial charge in [-0.2, -0.15) is 0 Å². The van der Waals surface area contributed by atoms with Gasteiger partial charge in [0, 0.05) is 0 Å². The second-order valence-electron chi connectivity index (χ2n) is 5.82. The molecule has 0 bridgehead atoms. The molecule has 0 radical (unpaired) electrons. The highest BCUT2D eigenvalue weighted by Crippen LogP contribution is 2.45. The molecule has 0 spiro atoms. The standard InChI is InChI=1S/C15H26O/c1-12(9-11-16)7-8-14-13(2)6-5-10-15(14,3)4/h9,14,16H,2,5-8,10-11H2,1,3-4H3/b12-9+/t14-/m1/s1. The third kappa shape index (κ3) is 3.48. The lowest BCUT2D eigenvalue weighted by molar-refractivity contribution is 0.180. The molecule has 1 fully saturated rings. The van der Waals surface area contributed by atoms with Gasteiger partial charge in [0.2, 0.25) is 0 Å². The largest absolute Gasteiger partial charge is 0.392 e. The molecule has 0 unspecified atom stereocenters. The Kier molecular flexibility index (Phi) is 4.79. The van der Waals surface area contributed by atoms with Crippen molar-refractivity contribution in [1.29, 1.82) is 0 Å². The summed E-state index contributed by atoms with van der Waals surface area (Å²) in [6.45, 7) is 11.3. The Hall–Kier alpha value is -0.560. The summed E-state index contributed by atoms with van der Waals surface area (Å²) in [5, 5.41) is 8.83. The van der Waals surface area contributed by atoms with Crippen LogP contribution in [0.4, 0.5) is 0 Å². The zero-order valence-electron chi connectivity index (χ0n) is 11.1. The fraction of sp³-hybridized carbons (Fsp3) is 0.733. The molecule has 1 saturated carbocycles. The van der Waals surface area contributed by atoms with Gasteiger partial charge in [-0.05, 0) is 50.4 Å². The van der Waals surface area contributed by atoms with Crippen LogP contribution in [0, 0.1) is 11.3 Å². The summed E-state index contributed by atoms with van der Waals surface area (Å²) in [5.41, 5.74) is 3.15. The van der Waals surface area contributed by atoms with E-state index >= 15 is 0 Å². The fourth-order valence-corrected chi connectivity index (χ4v) is 2.90. The van der Waals surface area contributed by atoms with Crippen LogP contribution in [-0.4, -0.2) is 11.7 Å². The zero-order chi connectivity index (χ0) is 12.2. The smallest absolute Gasteiger partial charge is 0.0614 e. The first-order valence-corrected chi connectivity index (χ1v) is 6.41. The summed E-state index contributed by atoms with van der Waals surface area (Å²) in [5.74, 6) is 0.656. The average molecular weight is 222 g/mol. The van der Waals surface area contributed by atoms with Gasteiger partial charge in [0.1, 0.15) is 0 Å². The van der Waals surface area contributed by atoms with Crippen LogP contribution in [0.25, 0.3) is 0 Å². The van der Waals surface area contributed by atoms with Crippen molar-refractivity contribution in [2.45, 2.75) is 52.9 Å². The fourth-order valence-electron chi connectivity index (χ4n) is 2.90. The maximum Gasteiger partial charge on any atom is 0.0614 e. The summed E-state index contributed by atoms with van der Waals surface area (Å²) < 4.78 is 0. The Morgan fingerprint density at radius 3 is 2.81 bits per heavy atom. The topological polar surface area (TPSA) is 20.2 Å². The van der Waals surface area contributed by atoms with Crippen LogP contribution in [0.1, 0.15) is 52.9 Å². The number of aliphatic hydroxyl groups excluding tert-OH is 1. The summed E-state index contributed by atoms with van der Waals surface area (Å²) >= 11 is 0. The normalized spacial score (nSPS) is 25.9. The van der Waals surface area contributed by atoms with Crippen molar-refractivity contribution in [3.8, 4) is 0 Å². The molecule has 0 amide bonds. The van der Waals surface area contributed by atoms with Crippen LogP contribution in [0.3, 0.4) is 0 Å². The van der Waals surface area contributed by atoms with Crippen LogP contribution in [0.5, 0.6) is 0 Å². The van der Waals surface area contributed by atoms with E-state index in [1.54, 1.807) is 0 Å². The Bertz CT molecular complexity index is 273. The van der Waals surface area contributed by atoms with Crippen molar-refractivity contribution in [3.05, 3.63) is 23.8 Å². The number of aliphatic hydroxyl groups is 1. The Balaban J connectivity index is 2.56. The lowest BCUT2D eigenvalue weighted by atomic mass is 9.65. The van der Waals surface area contributed by atoms with E-state index < -0.39 is 0 Å². The lowest BCUT2D eigenvalue weighted by Crippen LogP contribution is -2.29. The van der Waals surface area contributed by atoms with Crippen LogP contribution in [-0.2, 0) is 0 Å². The van der Waals surface area contributed by atoms with Gasteiger partial charge >= 0.3 is 0 Å². The second-order valence-corrected chi connectivity index (χ2v) is 5.82. The van der Waals surface area contributed by atoms with Gasteiger partial charge in [0.05, 0.1) is 6.61 Å². The first-order chi connectivity index (χ1) is 7.47. The maximum absolute atomic E-state index is 8.83. The molecule has 92 valence electrons. The summed E-state index contributed by atoms with van der Waals surface area (Å²) in [7, 11) is 0. The van der Waals surface area contributed by atoms with Gasteiger partial charge in [0.15, 0.2) is 0 Å². The van der Waals surface area contributed by atoms with Gasteiger partial charge in [-0.1, -0.05) is 37.6 Å². The van der Waals surface area contributed by atoms with E-state index in [4.69, 9.17) is 5.11 Å². The average Bonchev–Trinajstić information content (AvgIpc) is 2.16. The van der Waals surface area contributed by atoms with Crippen LogP contribution < -0.4 is 0 Å². The van der Waals surface area contributed by atoms with Gasteiger partial charge < -0.3 is 5.11 Å². The molecule has 0 heterocycles. The van der Waals surface area contributed by atoms with E-state index in [1.807, 2.05) is 6.08 Å². The van der Waals surface area contributed by atoms with E-state index in [2.05, 4.69) is 27.4 Å². The van der Waals surface area contributed by atoms with E-state index in [1.165, 1.54) is 36.8 Å². The van der Waals surface area contributed by atoms with Crippen molar-refractivity contribution in [2.75, 3.05) is 6.61 Å². The summed E-state index contributed by atoms with van der Waals surface area (Å²) in [4.78, 5) is 0. The highest BCUT2D eigenvalue weighted by atomic mass is 16.2. The minimum Gasteiger partial charge on any atom is -0.392 e. The molecule has 16 heavy (non-hydrogen) atoms. The molecule has 0 aliphatic heterocycles. The minimum atomic E-state index is 0.167. The maximum atomic E-state index is 8.83. The Morgan fingerprint density at radius 1 is 1.56 bits per heavy atom. The van der Waals surface area contributed by atoms with Gasteiger partial charge in [-0.25, -0.2) is 0 Å². The van der Waals surface area contributed by atoms with Crippen LogP contribution in [0.15, 0.2) is 23.8 Å². The molecule has 1 atom stereocenters. The third-order valence-corrected chi connectivity index (χ3v) is 4.02. The van der Waals surface area contributed by atoms with E-state index in [9.17, 15) is 0 Å². The van der Waals surface area contributed by atoms with Crippen molar-refractivity contribution in [1.82, 2.24) is 0 Å². The summed E-state index contributed by atoms with van der Waals surface area (Å²) in [6, 6.07) is 0. The molecular weight excluding hydrogens is 196 g/mol. The first-order valence-electron chi connectivity index (χ1n) is 6.41. The highest BCUT2D eigenvalue weighted by Gasteiger charge is 2.33. The Labute approximate surface area is 100 Å². The third-order valence-electron chi connectivity index (χ3n) is 4.02. The van der Waals surface area contributed by atoms with Crippen LogP contribution >= 0.6 is 0 Å². The van der Waals surface area contributed by atoms with Gasteiger partial charge in [-0.15, -0.1) is 0 Å². The van der Waals surface area contributed by atoms with E-state index in [-0.39, 0.29) is 6.61 Å². The Morgan fingerprint density at radius 2 is 2.25 bits per heavy atom. The van der Waals surface area contributed by atoms with Crippen molar-refractivity contribution in [2.24, 2.45) is 11.3 Å². The molecule has 1 heteroatoms. The predicted octanol–water partition coefficient (Wildman–Crippen LogP) is 4.09. The molecule has 0 aromatic heterocycles. The van der Waals surface area contributed by atoms with Crippen molar-refractivity contribution >= 4 is 0 Å². The first kappa shape index (κ1) is 13.5. The zero-order valence-corrected chi connectivity index (χ0v) is 11.1. The molecule has 1 nitrogen and oxygen atoms in total.